The van der Waals surface area contributed by atoms with E-state index >= 15 is 0 Å². The molecule has 2 amide bonds. The molecule has 3 aromatic carbocycles. The molecule has 7 nitrogen and oxygen atoms in total. The van der Waals surface area contributed by atoms with E-state index in [1.807, 2.05) is 85.7 Å². The molecule has 0 saturated carbocycles. The molecule has 7 heteroatoms. The van der Waals surface area contributed by atoms with E-state index in [9.17, 15) is 9.59 Å². The van der Waals surface area contributed by atoms with Gasteiger partial charge in [0.05, 0.1) is 24.4 Å². The first-order valence-electron chi connectivity index (χ1n) is 11.4. The first-order chi connectivity index (χ1) is 16.5. The molecular formula is C27H28N4O3. The Morgan fingerprint density at radius 1 is 1.06 bits per heavy atom. The lowest BCUT2D eigenvalue weighted by Gasteiger charge is -2.45. The van der Waals surface area contributed by atoms with Crippen LogP contribution in [0.4, 0.5) is 11.4 Å². The topological polar surface area (TPSA) is 73.9 Å². The van der Waals surface area contributed by atoms with Crippen molar-refractivity contribution in [1.29, 1.82) is 0 Å². The van der Waals surface area contributed by atoms with Crippen LogP contribution in [0.15, 0.2) is 66.7 Å². The van der Waals surface area contributed by atoms with Crippen LogP contribution in [0, 0.1) is 0 Å². The van der Waals surface area contributed by atoms with Crippen LogP contribution in [0.3, 0.4) is 0 Å². The zero-order valence-corrected chi connectivity index (χ0v) is 19.5. The van der Waals surface area contributed by atoms with Crippen molar-refractivity contribution in [3.05, 3.63) is 89.0 Å². The molecule has 0 fully saturated rings. The van der Waals surface area contributed by atoms with Crippen molar-refractivity contribution in [2.75, 3.05) is 37.5 Å². The molecule has 2 atom stereocenters. The van der Waals surface area contributed by atoms with Gasteiger partial charge in [-0.1, -0.05) is 24.3 Å². The van der Waals surface area contributed by atoms with Crippen LogP contribution >= 0.6 is 0 Å². The molecule has 0 bridgehead atoms. The van der Waals surface area contributed by atoms with Crippen molar-refractivity contribution in [2.24, 2.45) is 0 Å². The third-order valence-electron chi connectivity index (χ3n) is 6.60. The van der Waals surface area contributed by atoms with E-state index in [1.54, 1.807) is 7.11 Å². The highest BCUT2D eigenvalue weighted by molar-refractivity contribution is 6.03. The number of para-hydroxylation sites is 1. The lowest BCUT2D eigenvalue weighted by atomic mass is 9.90. The van der Waals surface area contributed by atoms with Crippen molar-refractivity contribution < 1.29 is 14.3 Å². The first kappa shape index (κ1) is 21.8. The maximum Gasteiger partial charge on any atom is 0.255 e. The van der Waals surface area contributed by atoms with E-state index in [0.29, 0.717) is 17.7 Å². The molecular weight excluding hydrogens is 428 g/mol. The summed E-state index contributed by atoms with van der Waals surface area (Å²) < 4.78 is 5.28. The minimum atomic E-state index is -0.276. The van der Waals surface area contributed by atoms with Gasteiger partial charge in [0, 0.05) is 31.9 Å². The van der Waals surface area contributed by atoms with Gasteiger partial charge in [-0.3, -0.25) is 9.59 Å². The smallest absolute Gasteiger partial charge is 0.255 e. The molecule has 0 saturated heterocycles. The Balaban J connectivity index is 1.44. The second kappa shape index (κ2) is 8.74. The summed E-state index contributed by atoms with van der Waals surface area (Å²) in [6.45, 7) is 0.700. The van der Waals surface area contributed by atoms with Gasteiger partial charge in [-0.15, -0.1) is 0 Å². The molecule has 3 aromatic rings. The molecule has 34 heavy (non-hydrogen) atoms. The van der Waals surface area contributed by atoms with Gasteiger partial charge < -0.3 is 25.2 Å². The van der Waals surface area contributed by atoms with Gasteiger partial charge in [0.2, 0.25) is 0 Å². The van der Waals surface area contributed by atoms with E-state index in [2.05, 4.69) is 15.5 Å². The summed E-state index contributed by atoms with van der Waals surface area (Å²) in [4.78, 5) is 30.3. The summed E-state index contributed by atoms with van der Waals surface area (Å²) >= 11 is 0. The van der Waals surface area contributed by atoms with Crippen LogP contribution in [-0.4, -0.2) is 39.6 Å². The second-order valence-electron chi connectivity index (χ2n) is 8.84. The van der Waals surface area contributed by atoms with Crippen LogP contribution in [0.5, 0.6) is 5.75 Å². The first-order valence-corrected chi connectivity index (χ1v) is 11.4. The molecule has 174 valence electrons. The minimum Gasteiger partial charge on any atom is -0.497 e. The van der Waals surface area contributed by atoms with Gasteiger partial charge >= 0.3 is 0 Å². The standard InChI is InChI=1S/C27H28N4O3/c1-30(2)19-11-7-18(8-12-19)26(32)28-23-15-16-31-24-21(23)5-4-6-22(24)27(33)29-25(31)17-9-13-20(34-3)14-10-17/h4-14,23,25H,15-16H2,1-3H3,(H,28,32)(H,29,33). The van der Waals surface area contributed by atoms with Crippen LogP contribution in [-0.2, 0) is 0 Å². The quantitative estimate of drug-likeness (QED) is 0.610. The van der Waals surface area contributed by atoms with Crippen molar-refractivity contribution in [1.82, 2.24) is 10.6 Å². The lowest BCUT2D eigenvalue weighted by molar-refractivity contribution is 0.0924. The number of benzene rings is 3. The minimum absolute atomic E-state index is 0.111. The predicted molar refractivity (Wildman–Crippen MR) is 133 cm³/mol. The molecule has 2 heterocycles. The van der Waals surface area contributed by atoms with Gasteiger partial charge in [-0.2, -0.15) is 0 Å². The fraction of sp³-hybridized carbons (Fsp3) is 0.259. The number of amides is 2. The third kappa shape index (κ3) is 3.83. The maximum atomic E-state index is 13.0. The van der Waals surface area contributed by atoms with E-state index in [0.717, 1.165) is 34.7 Å². The number of methoxy groups -OCH3 is 1. The van der Waals surface area contributed by atoms with Gasteiger partial charge in [0.25, 0.3) is 11.8 Å². The second-order valence-corrected chi connectivity index (χ2v) is 8.84. The molecule has 0 radical (unpaired) electrons. The van der Waals surface area contributed by atoms with E-state index in [4.69, 9.17) is 4.74 Å². The number of rotatable bonds is 5. The van der Waals surface area contributed by atoms with Crippen molar-refractivity contribution >= 4 is 23.2 Å². The van der Waals surface area contributed by atoms with Gasteiger partial charge in [0.1, 0.15) is 11.9 Å². The molecule has 0 aliphatic carbocycles. The van der Waals surface area contributed by atoms with E-state index in [1.165, 1.54) is 0 Å². The Labute approximate surface area is 199 Å². The highest BCUT2D eigenvalue weighted by Crippen LogP contribution is 2.43. The Kier molecular flexibility index (Phi) is 5.61. The molecule has 2 unspecified atom stereocenters. The molecule has 2 aliphatic heterocycles. The van der Waals surface area contributed by atoms with E-state index < -0.39 is 0 Å². The zero-order valence-electron chi connectivity index (χ0n) is 19.5. The summed E-state index contributed by atoms with van der Waals surface area (Å²) in [5, 5.41) is 6.33. The zero-order chi connectivity index (χ0) is 23.8. The SMILES string of the molecule is COc1ccc(C2NC(=O)c3cccc4c3N2CCC4NC(=O)c2ccc(N(C)C)cc2)cc1. The summed E-state index contributed by atoms with van der Waals surface area (Å²) in [7, 11) is 5.57. The fourth-order valence-corrected chi connectivity index (χ4v) is 4.77. The predicted octanol–water partition coefficient (Wildman–Crippen LogP) is 3.88. The monoisotopic (exact) mass is 456 g/mol. The molecule has 0 aromatic heterocycles. The summed E-state index contributed by atoms with van der Waals surface area (Å²) in [5.74, 6) is 0.542. The van der Waals surface area contributed by atoms with Crippen LogP contribution in [0.25, 0.3) is 0 Å². The fourth-order valence-electron chi connectivity index (χ4n) is 4.77. The van der Waals surface area contributed by atoms with Gasteiger partial charge in [-0.25, -0.2) is 0 Å². The average molecular weight is 457 g/mol. The highest BCUT2D eigenvalue weighted by atomic mass is 16.5. The number of hydrogen-bond acceptors (Lipinski definition) is 5. The number of nitrogens with zero attached hydrogens (tertiary/aromatic N) is 2. The number of carbonyl (C=O) groups is 2. The molecule has 2 N–H and O–H groups in total. The molecule has 5 rings (SSSR count). The normalized spacial score (nSPS) is 18.6. The Morgan fingerprint density at radius 3 is 2.47 bits per heavy atom. The average Bonchev–Trinajstić information content (AvgIpc) is 2.87. The summed E-state index contributed by atoms with van der Waals surface area (Å²) in [5.41, 5.74) is 5.14. The Bertz CT molecular complexity index is 1220. The highest BCUT2D eigenvalue weighted by Gasteiger charge is 2.38. The number of carbonyl (C=O) groups excluding carboxylic acids is 2. The Hall–Kier alpha value is -4.00. The molecule has 2 aliphatic rings. The van der Waals surface area contributed by atoms with Gasteiger partial charge in [0.15, 0.2) is 0 Å². The Morgan fingerprint density at radius 2 is 1.79 bits per heavy atom. The van der Waals surface area contributed by atoms with Crippen LogP contribution in [0.2, 0.25) is 0 Å². The summed E-state index contributed by atoms with van der Waals surface area (Å²) in [6, 6.07) is 20.9. The number of hydrogen-bond donors (Lipinski definition) is 2. The summed E-state index contributed by atoms with van der Waals surface area (Å²) in [6.07, 6.45) is 0.461. The van der Waals surface area contributed by atoms with Crippen molar-refractivity contribution in [3.63, 3.8) is 0 Å². The van der Waals surface area contributed by atoms with Gasteiger partial charge in [-0.05, 0) is 60.0 Å². The van der Waals surface area contributed by atoms with Crippen LogP contribution in [0.1, 0.15) is 50.5 Å². The van der Waals surface area contributed by atoms with E-state index in [-0.39, 0.29) is 24.0 Å². The lowest BCUT2D eigenvalue weighted by Crippen LogP contribution is -2.50. The van der Waals surface area contributed by atoms with Crippen LogP contribution < -0.4 is 25.2 Å². The van der Waals surface area contributed by atoms with Crippen molar-refractivity contribution in [3.8, 4) is 5.75 Å². The third-order valence-corrected chi connectivity index (χ3v) is 6.60. The van der Waals surface area contributed by atoms with Crippen molar-refractivity contribution in [2.45, 2.75) is 18.6 Å². The largest absolute Gasteiger partial charge is 0.497 e. The maximum absolute atomic E-state index is 13.0. The molecule has 0 spiro atoms. The number of nitrogens with one attached hydrogen (secondary N) is 2. The number of ether oxygens (including phenoxy) is 1. The number of anilines is 2.